The van der Waals surface area contributed by atoms with Crippen molar-refractivity contribution in [3.05, 3.63) is 47.4 Å². The third-order valence-corrected chi connectivity index (χ3v) is 4.97. The maximum Gasteiger partial charge on any atom is 0.255 e. The molecule has 1 aromatic heterocycles. The molecule has 2 heterocycles. The molecule has 31 heavy (non-hydrogen) atoms. The number of carbonyl (C=O) groups is 2. The highest BCUT2D eigenvalue weighted by atomic mass is 19.1. The van der Waals surface area contributed by atoms with Crippen LogP contribution in [0.2, 0.25) is 0 Å². The molecule has 0 aliphatic carbocycles. The summed E-state index contributed by atoms with van der Waals surface area (Å²) in [6.45, 7) is 4.33. The van der Waals surface area contributed by atoms with Gasteiger partial charge in [-0.2, -0.15) is 5.10 Å². The van der Waals surface area contributed by atoms with Crippen molar-refractivity contribution in [1.29, 1.82) is 0 Å². The van der Waals surface area contributed by atoms with Gasteiger partial charge in [0.05, 0.1) is 25.8 Å². The summed E-state index contributed by atoms with van der Waals surface area (Å²) in [5.41, 5.74) is 11.5. The van der Waals surface area contributed by atoms with E-state index in [9.17, 15) is 14.0 Å². The number of anilines is 1. The molecule has 0 unspecified atom stereocenters. The summed E-state index contributed by atoms with van der Waals surface area (Å²) in [7, 11) is 2.75. The molecular weight excluding hydrogens is 405 g/mol. The number of primary amides is 1. The summed E-state index contributed by atoms with van der Waals surface area (Å²) in [6, 6.07) is 2.52. The number of nitrogens with two attached hydrogens (primary N) is 2. The Hall–Kier alpha value is -4.00. The van der Waals surface area contributed by atoms with Crippen LogP contribution >= 0.6 is 0 Å². The number of carbonyl (C=O) groups excluding carboxylic acids is 2. The highest BCUT2D eigenvalue weighted by molar-refractivity contribution is 5.99. The predicted octanol–water partition coefficient (Wildman–Crippen LogP) is 1.08. The molecule has 3 rings (SSSR count). The maximum atomic E-state index is 14.6. The largest absolute Gasteiger partial charge is 0.497 e. The molecule has 0 bridgehead atoms. The molecule has 2 amide bonds. The average Bonchev–Trinajstić information content (AvgIpc) is 3.36. The first-order valence-corrected chi connectivity index (χ1v) is 9.33. The minimum absolute atomic E-state index is 0.0108. The third kappa shape index (κ3) is 4.16. The molecule has 162 valence electrons. The van der Waals surface area contributed by atoms with Gasteiger partial charge in [-0.05, 0) is 24.5 Å². The van der Waals surface area contributed by atoms with E-state index in [1.54, 1.807) is 4.90 Å². The van der Waals surface area contributed by atoms with Crippen LogP contribution in [-0.2, 0) is 4.79 Å². The van der Waals surface area contributed by atoms with Gasteiger partial charge >= 0.3 is 0 Å². The number of hydrogen-bond acceptors (Lipinski definition) is 6. The number of halogens is 1. The van der Waals surface area contributed by atoms with Gasteiger partial charge in [0.15, 0.2) is 17.3 Å². The molecule has 1 aliphatic rings. The minimum atomic E-state index is -0.811. The normalized spacial score (nSPS) is 15.2. The summed E-state index contributed by atoms with van der Waals surface area (Å²) in [5, 5.41) is 4.33. The zero-order valence-corrected chi connectivity index (χ0v) is 17.1. The topological polar surface area (TPSA) is 126 Å². The Balaban J connectivity index is 2.01. The second-order valence-corrected chi connectivity index (χ2v) is 6.79. The van der Waals surface area contributed by atoms with Crippen LogP contribution in [0.3, 0.4) is 0 Å². The monoisotopic (exact) mass is 427 g/mol. The van der Waals surface area contributed by atoms with Crippen molar-refractivity contribution < 1.29 is 23.5 Å². The van der Waals surface area contributed by atoms with Gasteiger partial charge in [-0.1, -0.05) is 12.5 Å². The van der Waals surface area contributed by atoms with E-state index in [4.69, 9.17) is 20.9 Å². The van der Waals surface area contributed by atoms with Gasteiger partial charge in [-0.3, -0.25) is 9.59 Å². The Bertz CT molecular complexity index is 1120. The molecule has 1 atom stereocenters. The highest BCUT2D eigenvalue weighted by Gasteiger charge is 2.30. The standard InChI is InChI=1S/C21H22FN5O4/c1-4-17(28)26-8-7-13(11-26)27-20(23)18(21(24)29)15(25-27)6-5-12-9-14(30-2)10-16(31-3)19(12)22/h4,9-10,13H,1,7-8,11,23H2,2-3H3,(H2,24,29)/t13-/m0/s1. The van der Waals surface area contributed by atoms with Gasteiger partial charge in [0, 0.05) is 19.2 Å². The van der Waals surface area contributed by atoms with Gasteiger partial charge in [0.2, 0.25) is 5.91 Å². The molecule has 4 N–H and O–H groups in total. The molecule has 9 nitrogen and oxygen atoms in total. The smallest absolute Gasteiger partial charge is 0.255 e. The SMILES string of the molecule is C=CC(=O)N1CC[C@H](n2nc(C#Cc3cc(OC)cc(OC)c3F)c(C(N)=O)c2N)C1. The lowest BCUT2D eigenvalue weighted by atomic mass is 10.1. The van der Waals surface area contributed by atoms with Crippen LogP contribution in [0.4, 0.5) is 10.2 Å². The van der Waals surface area contributed by atoms with Crippen LogP contribution in [0.1, 0.15) is 34.1 Å². The van der Waals surface area contributed by atoms with Crippen LogP contribution < -0.4 is 20.9 Å². The number of hydrogen-bond donors (Lipinski definition) is 2. The number of methoxy groups -OCH3 is 2. The second-order valence-electron chi connectivity index (χ2n) is 6.79. The fraction of sp³-hybridized carbons (Fsp3) is 0.286. The van der Waals surface area contributed by atoms with Crippen molar-refractivity contribution in [2.45, 2.75) is 12.5 Å². The van der Waals surface area contributed by atoms with E-state index < -0.39 is 11.7 Å². The zero-order chi connectivity index (χ0) is 22.7. The summed E-state index contributed by atoms with van der Waals surface area (Å²) in [6.07, 6.45) is 1.82. The van der Waals surface area contributed by atoms with Crippen LogP contribution in [-0.4, -0.2) is 53.8 Å². The number of amides is 2. The summed E-state index contributed by atoms with van der Waals surface area (Å²) in [5.74, 6) is 3.96. The van der Waals surface area contributed by atoms with E-state index in [0.717, 1.165) is 0 Å². The number of aromatic nitrogens is 2. The van der Waals surface area contributed by atoms with E-state index in [1.165, 1.54) is 37.1 Å². The van der Waals surface area contributed by atoms with E-state index in [2.05, 4.69) is 23.5 Å². The molecule has 1 aliphatic heterocycles. The molecular formula is C21H22FN5O4. The van der Waals surface area contributed by atoms with Gasteiger partial charge < -0.3 is 25.8 Å². The molecule has 1 saturated heterocycles. The van der Waals surface area contributed by atoms with Crippen molar-refractivity contribution in [3.63, 3.8) is 0 Å². The number of nitrogens with zero attached hydrogens (tertiary/aromatic N) is 3. The van der Waals surface area contributed by atoms with Crippen molar-refractivity contribution in [2.75, 3.05) is 33.0 Å². The summed E-state index contributed by atoms with van der Waals surface area (Å²) in [4.78, 5) is 25.4. The average molecular weight is 427 g/mol. The van der Waals surface area contributed by atoms with E-state index in [1.807, 2.05) is 0 Å². The minimum Gasteiger partial charge on any atom is -0.497 e. The Labute approximate surface area is 178 Å². The molecule has 0 saturated carbocycles. The Morgan fingerprint density at radius 2 is 2.06 bits per heavy atom. The molecule has 1 fully saturated rings. The zero-order valence-electron chi connectivity index (χ0n) is 17.1. The Kier molecular flexibility index (Phi) is 6.15. The maximum absolute atomic E-state index is 14.6. The first kappa shape index (κ1) is 21.7. The fourth-order valence-corrected chi connectivity index (χ4v) is 3.38. The van der Waals surface area contributed by atoms with Crippen molar-refractivity contribution >= 4 is 17.6 Å². The van der Waals surface area contributed by atoms with E-state index in [0.29, 0.717) is 25.3 Å². The fourth-order valence-electron chi connectivity index (χ4n) is 3.38. The quantitative estimate of drug-likeness (QED) is 0.543. The highest BCUT2D eigenvalue weighted by Crippen LogP contribution is 2.29. The number of ether oxygens (including phenoxy) is 2. The molecule has 10 heteroatoms. The number of benzene rings is 1. The van der Waals surface area contributed by atoms with E-state index in [-0.39, 0.29) is 40.3 Å². The number of rotatable bonds is 5. The molecule has 1 aromatic carbocycles. The Morgan fingerprint density at radius 1 is 1.32 bits per heavy atom. The molecule has 0 radical (unpaired) electrons. The third-order valence-electron chi connectivity index (χ3n) is 4.97. The van der Waals surface area contributed by atoms with E-state index >= 15 is 0 Å². The van der Waals surface area contributed by atoms with Gasteiger partial charge in [0.25, 0.3) is 5.91 Å². The Morgan fingerprint density at radius 3 is 2.68 bits per heavy atom. The van der Waals surface area contributed by atoms with Crippen LogP contribution in [0, 0.1) is 17.7 Å². The summed E-state index contributed by atoms with van der Waals surface area (Å²) >= 11 is 0. The van der Waals surface area contributed by atoms with Crippen molar-refractivity contribution in [3.8, 4) is 23.3 Å². The second kappa shape index (κ2) is 8.79. The van der Waals surface area contributed by atoms with Gasteiger partial charge in [-0.15, -0.1) is 0 Å². The first-order chi connectivity index (χ1) is 14.8. The lowest BCUT2D eigenvalue weighted by Gasteiger charge is -2.15. The number of nitrogen functional groups attached to an aromatic ring is 1. The first-order valence-electron chi connectivity index (χ1n) is 9.33. The lowest BCUT2D eigenvalue weighted by Crippen LogP contribution is -2.27. The predicted molar refractivity (Wildman–Crippen MR) is 111 cm³/mol. The van der Waals surface area contributed by atoms with Gasteiger partial charge in [-0.25, -0.2) is 9.07 Å². The van der Waals surface area contributed by atoms with Crippen molar-refractivity contribution in [1.82, 2.24) is 14.7 Å². The molecule has 0 spiro atoms. The van der Waals surface area contributed by atoms with Crippen LogP contribution in [0.5, 0.6) is 11.5 Å². The van der Waals surface area contributed by atoms with Crippen LogP contribution in [0.25, 0.3) is 0 Å². The van der Waals surface area contributed by atoms with Gasteiger partial charge in [0.1, 0.15) is 17.1 Å². The molecule has 2 aromatic rings. The van der Waals surface area contributed by atoms with Crippen molar-refractivity contribution in [2.24, 2.45) is 5.73 Å². The lowest BCUT2D eigenvalue weighted by molar-refractivity contribution is -0.125. The number of likely N-dealkylation sites (tertiary alicyclic amines) is 1. The van der Waals surface area contributed by atoms with Crippen LogP contribution in [0.15, 0.2) is 24.8 Å². The summed E-state index contributed by atoms with van der Waals surface area (Å²) < 4.78 is 26.1.